The average molecular weight is 363 g/mol. The predicted octanol–water partition coefficient (Wildman–Crippen LogP) is 1.41. The molecule has 0 radical (unpaired) electrons. The van der Waals surface area contributed by atoms with Crippen molar-refractivity contribution < 1.29 is 26.4 Å². The van der Waals surface area contributed by atoms with Crippen LogP contribution in [0.15, 0.2) is 27.5 Å². The number of alkyl halides is 3. The van der Waals surface area contributed by atoms with Crippen LogP contribution in [0, 0.1) is 0 Å². The van der Waals surface area contributed by atoms with Crippen LogP contribution < -0.4 is 0 Å². The molecule has 6 nitrogen and oxygen atoms in total. The normalized spacial score (nSPS) is 15.5. The number of fused-ring (bicyclic) bond motifs is 1. The standard InChI is InChI=1S/C14H16F3N3O3S/c1-19(2)9-18-24(22,23)12-4-3-10-5-6-20(8-11(10)7-12)13(21)14(15,16)17/h3-4,7,9H,5-6,8H2,1-2H3/b18-9+. The molecule has 0 atom stereocenters. The predicted molar refractivity (Wildman–Crippen MR) is 81.0 cm³/mol. The summed E-state index contributed by atoms with van der Waals surface area (Å²) in [5.41, 5.74) is 1.09. The highest BCUT2D eigenvalue weighted by molar-refractivity contribution is 7.90. The smallest absolute Gasteiger partial charge is 0.368 e. The van der Waals surface area contributed by atoms with E-state index in [0.717, 1.165) is 11.9 Å². The van der Waals surface area contributed by atoms with Crippen LogP contribution >= 0.6 is 0 Å². The summed E-state index contributed by atoms with van der Waals surface area (Å²) >= 11 is 0. The minimum absolute atomic E-state index is 0.0593. The Hall–Kier alpha value is -2.10. The summed E-state index contributed by atoms with van der Waals surface area (Å²) < 4.78 is 65.3. The average Bonchev–Trinajstić information content (AvgIpc) is 2.50. The third-order valence-electron chi connectivity index (χ3n) is 3.43. The molecule has 1 aliphatic rings. The van der Waals surface area contributed by atoms with Gasteiger partial charge in [-0.2, -0.15) is 21.6 Å². The Morgan fingerprint density at radius 2 is 1.96 bits per heavy atom. The highest BCUT2D eigenvalue weighted by atomic mass is 32.2. The minimum Gasteiger partial charge on any atom is -0.368 e. The van der Waals surface area contributed by atoms with Crippen molar-refractivity contribution in [3.05, 3.63) is 29.3 Å². The maximum Gasteiger partial charge on any atom is 0.471 e. The van der Waals surface area contributed by atoms with E-state index in [9.17, 15) is 26.4 Å². The topological polar surface area (TPSA) is 70.1 Å². The number of nitrogens with zero attached hydrogens (tertiary/aromatic N) is 3. The van der Waals surface area contributed by atoms with E-state index in [2.05, 4.69) is 4.40 Å². The number of carbonyl (C=O) groups excluding carboxylic acids is 1. The molecule has 2 rings (SSSR count). The van der Waals surface area contributed by atoms with Gasteiger partial charge in [0, 0.05) is 27.2 Å². The largest absolute Gasteiger partial charge is 0.471 e. The van der Waals surface area contributed by atoms with Gasteiger partial charge in [-0.25, -0.2) is 0 Å². The van der Waals surface area contributed by atoms with Crippen LogP contribution in [0.5, 0.6) is 0 Å². The van der Waals surface area contributed by atoms with E-state index in [-0.39, 0.29) is 24.4 Å². The highest BCUT2D eigenvalue weighted by Gasteiger charge is 2.43. The van der Waals surface area contributed by atoms with E-state index in [4.69, 9.17) is 0 Å². The molecular formula is C14H16F3N3O3S. The summed E-state index contributed by atoms with van der Waals surface area (Å²) in [5, 5.41) is 0. The number of hydrogen-bond donors (Lipinski definition) is 0. The number of rotatable bonds is 3. The molecular weight excluding hydrogens is 347 g/mol. The molecule has 0 spiro atoms. The van der Waals surface area contributed by atoms with Crippen LogP contribution in [0.25, 0.3) is 0 Å². The fraction of sp³-hybridized carbons (Fsp3) is 0.429. The molecule has 1 aliphatic heterocycles. The maximum atomic E-state index is 12.5. The Morgan fingerprint density at radius 1 is 1.29 bits per heavy atom. The van der Waals surface area contributed by atoms with E-state index in [1.165, 1.54) is 17.0 Å². The summed E-state index contributed by atoms with van der Waals surface area (Å²) in [6.45, 7) is -0.343. The van der Waals surface area contributed by atoms with Gasteiger partial charge in [0.2, 0.25) is 0 Å². The molecule has 10 heteroatoms. The van der Waals surface area contributed by atoms with E-state index < -0.39 is 22.1 Å². The zero-order chi connectivity index (χ0) is 18.1. The first kappa shape index (κ1) is 18.2. The van der Waals surface area contributed by atoms with Crippen LogP contribution in [-0.2, 0) is 27.8 Å². The Balaban J connectivity index is 2.30. The fourth-order valence-corrected chi connectivity index (χ4v) is 3.23. The molecule has 0 bridgehead atoms. The van der Waals surface area contributed by atoms with Gasteiger partial charge in [-0.3, -0.25) is 4.79 Å². The number of hydrogen-bond acceptors (Lipinski definition) is 3. The fourth-order valence-electron chi connectivity index (χ4n) is 2.26. The highest BCUT2D eigenvalue weighted by Crippen LogP contribution is 2.27. The van der Waals surface area contributed by atoms with Gasteiger partial charge in [0.05, 0.1) is 4.90 Å². The van der Waals surface area contributed by atoms with Crippen molar-refractivity contribution in [3.8, 4) is 0 Å². The quantitative estimate of drug-likeness (QED) is 0.602. The van der Waals surface area contributed by atoms with Gasteiger partial charge >= 0.3 is 12.1 Å². The number of carbonyl (C=O) groups is 1. The van der Waals surface area contributed by atoms with Crippen molar-refractivity contribution in [2.75, 3.05) is 20.6 Å². The minimum atomic E-state index is -4.95. The van der Waals surface area contributed by atoms with Crippen molar-refractivity contribution in [2.45, 2.75) is 24.0 Å². The second-order valence-corrected chi connectivity index (χ2v) is 7.20. The first-order chi connectivity index (χ1) is 11.0. The monoisotopic (exact) mass is 363 g/mol. The first-order valence-corrected chi connectivity index (χ1v) is 8.39. The molecule has 1 heterocycles. The van der Waals surface area contributed by atoms with Crippen LogP contribution in [0.1, 0.15) is 11.1 Å². The summed E-state index contributed by atoms with van der Waals surface area (Å²) in [7, 11) is -0.745. The molecule has 1 aromatic carbocycles. The van der Waals surface area contributed by atoms with Crippen molar-refractivity contribution in [2.24, 2.45) is 4.40 Å². The lowest BCUT2D eigenvalue weighted by molar-refractivity contribution is -0.186. The Bertz CT molecular complexity index is 773. The first-order valence-electron chi connectivity index (χ1n) is 6.95. The van der Waals surface area contributed by atoms with Crippen molar-refractivity contribution in [1.82, 2.24) is 9.80 Å². The lowest BCUT2D eigenvalue weighted by atomic mass is 10.00. The van der Waals surface area contributed by atoms with E-state index >= 15 is 0 Å². The van der Waals surface area contributed by atoms with Gasteiger partial charge in [0.15, 0.2) is 0 Å². The molecule has 0 saturated carbocycles. The number of benzene rings is 1. The summed E-state index contributed by atoms with van der Waals surface area (Å²) in [5.74, 6) is -1.92. The van der Waals surface area contributed by atoms with Crippen molar-refractivity contribution in [1.29, 1.82) is 0 Å². The van der Waals surface area contributed by atoms with Gasteiger partial charge in [0.25, 0.3) is 10.0 Å². The third kappa shape index (κ3) is 4.05. The maximum absolute atomic E-state index is 12.5. The molecule has 24 heavy (non-hydrogen) atoms. The number of sulfonamides is 1. The molecule has 0 fully saturated rings. The molecule has 0 unspecified atom stereocenters. The molecule has 0 saturated heterocycles. The van der Waals surface area contributed by atoms with Gasteiger partial charge in [-0.05, 0) is 29.7 Å². The van der Waals surface area contributed by atoms with Crippen LogP contribution in [0.2, 0.25) is 0 Å². The van der Waals surface area contributed by atoms with Gasteiger partial charge in [0.1, 0.15) is 6.34 Å². The van der Waals surface area contributed by atoms with Crippen molar-refractivity contribution >= 4 is 22.3 Å². The number of halogens is 3. The number of amides is 1. The van der Waals surface area contributed by atoms with Gasteiger partial charge < -0.3 is 9.80 Å². The zero-order valence-corrected chi connectivity index (χ0v) is 13.9. The lowest BCUT2D eigenvalue weighted by Crippen LogP contribution is -2.43. The van der Waals surface area contributed by atoms with Crippen LogP contribution in [0.3, 0.4) is 0 Å². The second-order valence-electron chi connectivity index (χ2n) is 5.56. The summed E-state index contributed by atoms with van der Waals surface area (Å²) in [4.78, 5) is 13.3. The molecule has 1 aromatic rings. The SMILES string of the molecule is CN(C)/C=N/S(=O)(=O)c1ccc2c(c1)CN(C(=O)C(F)(F)F)CC2. The molecule has 0 aromatic heterocycles. The Labute approximate surface area is 137 Å². The molecule has 132 valence electrons. The van der Waals surface area contributed by atoms with Crippen molar-refractivity contribution in [3.63, 3.8) is 0 Å². The Morgan fingerprint density at radius 3 is 2.54 bits per heavy atom. The zero-order valence-electron chi connectivity index (χ0n) is 13.0. The van der Waals surface area contributed by atoms with E-state index in [1.54, 1.807) is 20.2 Å². The molecule has 0 N–H and O–H groups in total. The van der Waals surface area contributed by atoms with Gasteiger partial charge in [-0.15, -0.1) is 4.40 Å². The third-order valence-corrected chi connectivity index (χ3v) is 4.66. The van der Waals surface area contributed by atoms with Gasteiger partial charge in [-0.1, -0.05) is 6.07 Å². The molecule has 0 aliphatic carbocycles. The van der Waals surface area contributed by atoms with E-state index in [1.807, 2.05) is 0 Å². The van der Waals surface area contributed by atoms with E-state index in [0.29, 0.717) is 10.5 Å². The van der Waals surface area contributed by atoms with Crippen LogP contribution in [0.4, 0.5) is 13.2 Å². The lowest BCUT2D eigenvalue weighted by Gasteiger charge is -2.29. The van der Waals surface area contributed by atoms with Crippen LogP contribution in [-0.4, -0.2) is 57.3 Å². The second kappa shape index (κ2) is 6.42. The summed E-state index contributed by atoms with van der Waals surface area (Å²) in [6, 6.07) is 4.18. The Kier molecular flexibility index (Phi) is 4.88. The molecule has 1 amide bonds. The summed E-state index contributed by atoms with van der Waals surface area (Å²) in [6.07, 6.45) is -3.59.